The van der Waals surface area contributed by atoms with Gasteiger partial charge in [0.15, 0.2) is 0 Å². The van der Waals surface area contributed by atoms with Crippen molar-refractivity contribution in [3.63, 3.8) is 0 Å². The van der Waals surface area contributed by atoms with Gasteiger partial charge >= 0.3 is 6.01 Å². The fourth-order valence-electron chi connectivity index (χ4n) is 2.37. The molecule has 3 aromatic rings. The lowest BCUT2D eigenvalue weighted by atomic mass is 10.1. The molecule has 0 saturated heterocycles. The summed E-state index contributed by atoms with van der Waals surface area (Å²) in [6.45, 7) is 3.88. The predicted molar refractivity (Wildman–Crippen MR) is 96.9 cm³/mol. The van der Waals surface area contributed by atoms with E-state index in [1.54, 1.807) is 6.07 Å². The molecule has 1 aromatic heterocycles. The summed E-state index contributed by atoms with van der Waals surface area (Å²) in [5.41, 5.74) is 1.31. The van der Waals surface area contributed by atoms with E-state index in [0.29, 0.717) is 5.56 Å². The summed E-state index contributed by atoms with van der Waals surface area (Å²) < 4.78 is 5.39. The third kappa shape index (κ3) is 3.82. The SMILES string of the molecule is Cc1ccc(-c2nnc(NC(=O)c3cc([N+](=O)[O-])cc([N+](=O)[O-])c3)o2)cc1C. The molecule has 0 spiro atoms. The quantitative estimate of drug-likeness (QED) is 0.519. The molecule has 1 heterocycles. The van der Waals surface area contributed by atoms with Crippen molar-refractivity contribution in [1.29, 1.82) is 0 Å². The highest BCUT2D eigenvalue weighted by Gasteiger charge is 2.21. The standard InChI is InChI=1S/C17H13N5O6/c1-9-3-4-11(5-10(9)2)16-19-20-17(28-16)18-15(23)12-6-13(21(24)25)8-14(7-12)22(26)27/h3-8H,1-2H3,(H,18,20,23). The van der Waals surface area contributed by atoms with E-state index in [1.165, 1.54) is 0 Å². The minimum Gasteiger partial charge on any atom is -0.403 e. The predicted octanol–water partition coefficient (Wildman–Crippen LogP) is 3.42. The normalized spacial score (nSPS) is 10.5. The Balaban J connectivity index is 1.86. The van der Waals surface area contributed by atoms with Crippen molar-refractivity contribution in [3.8, 4) is 11.5 Å². The van der Waals surface area contributed by atoms with Gasteiger partial charge in [-0.15, -0.1) is 5.10 Å². The number of carbonyl (C=O) groups is 1. The second kappa shape index (κ2) is 7.23. The lowest BCUT2D eigenvalue weighted by Gasteiger charge is -2.02. The van der Waals surface area contributed by atoms with Crippen LogP contribution in [0.15, 0.2) is 40.8 Å². The summed E-state index contributed by atoms with van der Waals surface area (Å²) >= 11 is 0. The first kappa shape index (κ1) is 18.6. The molecule has 0 aliphatic rings. The Bertz CT molecular complexity index is 1070. The lowest BCUT2D eigenvalue weighted by molar-refractivity contribution is -0.394. The zero-order valence-electron chi connectivity index (χ0n) is 14.7. The van der Waals surface area contributed by atoms with Crippen LogP contribution in [-0.4, -0.2) is 26.0 Å². The van der Waals surface area contributed by atoms with Gasteiger partial charge in [0.2, 0.25) is 5.89 Å². The van der Waals surface area contributed by atoms with Crippen LogP contribution in [0, 0.1) is 34.1 Å². The van der Waals surface area contributed by atoms with Gasteiger partial charge in [-0.1, -0.05) is 11.2 Å². The summed E-state index contributed by atoms with van der Waals surface area (Å²) in [4.78, 5) is 32.5. The zero-order chi connectivity index (χ0) is 20.4. The highest BCUT2D eigenvalue weighted by molar-refractivity contribution is 6.04. The highest BCUT2D eigenvalue weighted by Crippen LogP contribution is 2.25. The van der Waals surface area contributed by atoms with Crippen molar-refractivity contribution in [3.05, 3.63) is 73.3 Å². The number of anilines is 1. The van der Waals surface area contributed by atoms with Gasteiger partial charge < -0.3 is 4.42 Å². The molecule has 1 N–H and O–H groups in total. The molecule has 0 aliphatic heterocycles. The number of hydrogen-bond donors (Lipinski definition) is 1. The average Bonchev–Trinajstić information content (AvgIpc) is 3.11. The molecule has 0 radical (unpaired) electrons. The Hall–Kier alpha value is -4.15. The Labute approximate surface area is 157 Å². The molecule has 0 unspecified atom stereocenters. The first-order valence-electron chi connectivity index (χ1n) is 7.91. The van der Waals surface area contributed by atoms with E-state index >= 15 is 0 Å². The van der Waals surface area contributed by atoms with Gasteiger partial charge in [0.05, 0.1) is 21.5 Å². The van der Waals surface area contributed by atoms with E-state index in [1.807, 2.05) is 26.0 Å². The molecule has 0 aliphatic carbocycles. The van der Waals surface area contributed by atoms with Crippen LogP contribution in [0.4, 0.5) is 17.4 Å². The van der Waals surface area contributed by atoms with Crippen molar-refractivity contribution in [2.24, 2.45) is 0 Å². The van der Waals surface area contributed by atoms with Gasteiger partial charge in [0, 0.05) is 17.7 Å². The fraction of sp³-hybridized carbons (Fsp3) is 0.118. The summed E-state index contributed by atoms with van der Waals surface area (Å²) in [7, 11) is 0. The number of rotatable bonds is 5. The smallest absolute Gasteiger partial charge is 0.322 e. The Morgan fingerprint density at radius 3 is 2.18 bits per heavy atom. The lowest BCUT2D eigenvalue weighted by Crippen LogP contribution is -2.13. The molecule has 0 bridgehead atoms. The van der Waals surface area contributed by atoms with Crippen LogP contribution in [0.5, 0.6) is 0 Å². The first-order chi connectivity index (χ1) is 13.2. The zero-order valence-corrected chi connectivity index (χ0v) is 14.7. The third-order valence-corrected chi connectivity index (χ3v) is 3.99. The minimum absolute atomic E-state index is 0.170. The number of amides is 1. The molecule has 11 nitrogen and oxygen atoms in total. The molecule has 3 rings (SSSR count). The van der Waals surface area contributed by atoms with E-state index in [9.17, 15) is 25.0 Å². The maximum atomic E-state index is 12.3. The van der Waals surface area contributed by atoms with Gasteiger partial charge in [-0.3, -0.25) is 30.3 Å². The Kier molecular flexibility index (Phi) is 4.81. The highest BCUT2D eigenvalue weighted by atomic mass is 16.6. The second-order valence-electron chi connectivity index (χ2n) is 5.92. The molecule has 142 valence electrons. The Morgan fingerprint density at radius 1 is 0.964 bits per heavy atom. The molecule has 0 fully saturated rings. The van der Waals surface area contributed by atoms with Gasteiger partial charge in [0.1, 0.15) is 0 Å². The molecule has 0 atom stereocenters. The van der Waals surface area contributed by atoms with Crippen LogP contribution < -0.4 is 5.32 Å². The molecule has 11 heteroatoms. The average molecular weight is 383 g/mol. The van der Waals surface area contributed by atoms with Gasteiger partial charge in [0.25, 0.3) is 17.3 Å². The number of non-ortho nitro benzene ring substituents is 2. The number of nitrogens with zero attached hydrogens (tertiary/aromatic N) is 4. The van der Waals surface area contributed by atoms with Crippen LogP contribution in [-0.2, 0) is 0 Å². The number of benzene rings is 2. The maximum Gasteiger partial charge on any atom is 0.322 e. The summed E-state index contributed by atoms with van der Waals surface area (Å²) in [5.74, 6) is -0.689. The number of nitro groups is 2. The van der Waals surface area contributed by atoms with E-state index < -0.39 is 27.1 Å². The van der Waals surface area contributed by atoms with Crippen LogP contribution in [0.2, 0.25) is 0 Å². The first-order valence-corrected chi connectivity index (χ1v) is 7.91. The Morgan fingerprint density at radius 2 is 1.61 bits per heavy atom. The maximum absolute atomic E-state index is 12.3. The number of carbonyl (C=O) groups excluding carboxylic acids is 1. The third-order valence-electron chi connectivity index (χ3n) is 3.99. The summed E-state index contributed by atoms with van der Waals surface area (Å²) in [5, 5.41) is 31.7. The fourth-order valence-corrected chi connectivity index (χ4v) is 2.37. The van der Waals surface area contributed by atoms with Crippen LogP contribution in [0.1, 0.15) is 21.5 Å². The van der Waals surface area contributed by atoms with Gasteiger partial charge in [-0.2, -0.15) is 0 Å². The number of aryl methyl sites for hydroxylation is 2. The second-order valence-corrected chi connectivity index (χ2v) is 5.92. The van der Waals surface area contributed by atoms with E-state index in [4.69, 9.17) is 4.42 Å². The minimum atomic E-state index is -0.859. The van der Waals surface area contributed by atoms with Crippen molar-refractivity contribution >= 4 is 23.3 Å². The van der Waals surface area contributed by atoms with Crippen molar-refractivity contribution in [2.75, 3.05) is 5.32 Å². The summed E-state index contributed by atoms with van der Waals surface area (Å²) in [6.07, 6.45) is 0. The van der Waals surface area contributed by atoms with Crippen molar-refractivity contribution in [2.45, 2.75) is 13.8 Å². The molecule has 1 amide bonds. The summed E-state index contributed by atoms with van der Waals surface area (Å²) in [6, 6.07) is 7.87. The molecule has 2 aromatic carbocycles. The monoisotopic (exact) mass is 383 g/mol. The number of hydrogen-bond acceptors (Lipinski definition) is 8. The van der Waals surface area contributed by atoms with Gasteiger partial charge in [-0.25, -0.2) is 0 Å². The van der Waals surface area contributed by atoms with Crippen LogP contribution >= 0.6 is 0 Å². The van der Waals surface area contributed by atoms with Gasteiger partial charge in [-0.05, 0) is 37.1 Å². The van der Waals surface area contributed by atoms with E-state index in [2.05, 4.69) is 15.5 Å². The largest absolute Gasteiger partial charge is 0.403 e. The van der Waals surface area contributed by atoms with Crippen LogP contribution in [0.25, 0.3) is 11.5 Å². The van der Waals surface area contributed by atoms with Crippen molar-refractivity contribution in [1.82, 2.24) is 10.2 Å². The van der Waals surface area contributed by atoms with Crippen LogP contribution in [0.3, 0.4) is 0 Å². The molecular formula is C17H13N5O6. The number of aromatic nitrogens is 2. The molecule has 0 saturated carbocycles. The number of nitrogens with one attached hydrogen (secondary N) is 1. The van der Waals surface area contributed by atoms with E-state index in [0.717, 1.165) is 29.3 Å². The molecular weight excluding hydrogens is 370 g/mol. The van der Waals surface area contributed by atoms with E-state index in [-0.39, 0.29) is 17.5 Å². The molecule has 28 heavy (non-hydrogen) atoms. The van der Waals surface area contributed by atoms with Crippen molar-refractivity contribution < 1.29 is 19.1 Å². The number of nitro benzene ring substituents is 2. The topological polar surface area (TPSA) is 154 Å².